The molecule has 2 rings (SSSR count). The van der Waals surface area contributed by atoms with Crippen molar-refractivity contribution in [3.63, 3.8) is 0 Å². The van der Waals surface area contributed by atoms with Crippen molar-refractivity contribution in [2.75, 3.05) is 0 Å². The quantitative estimate of drug-likeness (QED) is 0.732. The van der Waals surface area contributed by atoms with Crippen molar-refractivity contribution in [2.24, 2.45) is 0 Å². The highest BCUT2D eigenvalue weighted by Gasteiger charge is 2.13. The number of benzene rings is 1. The van der Waals surface area contributed by atoms with E-state index in [4.69, 9.17) is 11.6 Å². The Morgan fingerprint density at radius 1 is 1.43 bits per heavy atom. The Bertz CT molecular complexity index is 593. The van der Waals surface area contributed by atoms with E-state index >= 15 is 0 Å². The van der Waals surface area contributed by atoms with Crippen LogP contribution in [0.5, 0.6) is 0 Å². The molecule has 0 saturated carbocycles. The maximum atomic E-state index is 12.6. The van der Waals surface area contributed by atoms with Gasteiger partial charge in [-0.1, -0.05) is 11.6 Å². The van der Waals surface area contributed by atoms with Crippen molar-refractivity contribution in [3.05, 3.63) is 22.7 Å². The first-order chi connectivity index (χ1) is 6.47. The topological polar surface area (TPSA) is 47.0 Å². The van der Waals surface area contributed by atoms with E-state index in [0.29, 0.717) is 14.7 Å². The van der Waals surface area contributed by atoms with Crippen LogP contribution in [0, 0.1) is 0 Å². The van der Waals surface area contributed by atoms with E-state index in [1.54, 1.807) is 0 Å². The second-order valence-electron chi connectivity index (χ2n) is 2.53. The highest BCUT2D eigenvalue weighted by Crippen LogP contribution is 2.28. The van der Waals surface area contributed by atoms with Crippen LogP contribution < -0.4 is 0 Å². The summed E-state index contributed by atoms with van der Waals surface area (Å²) < 4.78 is 34.6. The predicted molar refractivity (Wildman–Crippen MR) is 52.9 cm³/mol. The van der Waals surface area contributed by atoms with Gasteiger partial charge in [0.1, 0.15) is 4.90 Å². The van der Waals surface area contributed by atoms with Crippen LogP contribution in [0.2, 0.25) is 4.47 Å². The lowest BCUT2D eigenvalue weighted by Gasteiger charge is -1.92. The van der Waals surface area contributed by atoms with Gasteiger partial charge in [-0.15, -0.1) is 15.2 Å². The lowest BCUT2D eigenvalue weighted by Crippen LogP contribution is -1.90. The van der Waals surface area contributed by atoms with Gasteiger partial charge in [0.25, 0.3) is 0 Å². The first-order valence-corrected chi connectivity index (χ1v) is 6.05. The van der Waals surface area contributed by atoms with E-state index in [1.807, 2.05) is 0 Å². The van der Waals surface area contributed by atoms with Crippen LogP contribution in [0.4, 0.5) is 3.89 Å². The minimum Gasteiger partial charge on any atom is -0.225 e. The summed E-state index contributed by atoms with van der Waals surface area (Å²) in [6, 6.07) is 3.80. The van der Waals surface area contributed by atoms with Crippen LogP contribution in [-0.2, 0) is 10.2 Å². The fourth-order valence-corrected chi connectivity index (χ4v) is 2.66. The lowest BCUT2D eigenvalue weighted by atomic mass is 10.3. The molecule has 2 aromatic rings. The zero-order valence-electron chi connectivity index (χ0n) is 6.57. The third kappa shape index (κ3) is 1.73. The van der Waals surface area contributed by atoms with Gasteiger partial charge in [-0.05, 0) is 18.2 Å². The molecule has 7 heteroatoms. The highest BCUT2D eigenvalue weighted by molar-refractivity contribution is 7.86. The zero-order valence-corrected chi connectivity index (χ0v) is 8.96. The SMILES string of the molecule is O=S(=O)(F)c1ccc2nc(Cl)sc2c1. The molecule has 0 spiro atoms. The standard InChI is InChI=1S/C7H3ClFNO2S2/c8-7-10-5-2-1-4(14(9,11)12)3-6(5)13-7/h1-3H. The molecule has 0 aliphatic carbocycles. The van der Waals surface area contributed by atoms with Crippen LogP contribution >= 0.6 is 22.9 Å². The molecular formula is C7H3ClFNO2S2. The fraction of sp³-hybridized carbons (Fsp3) is 0. The third-order valence-corrected chi connectivity index (χ3v) is 3.55. The lowest BCUT2D eigenvalue weighted by molar-refractivity contribution is 0.552. The molecule has 0 aliphatic rings. The molecule has 1 heterocycles. The van der Waals surface area contributed by atoms with Gasteiger partial charge < -0.3 is 0 Å². The van der Waals surface area contributed by atoms with Gasteiger partial charge in [-0.3, -0.25) is 0 Å². The number of rotatable bonds is 1. The van der Waals surface area contributed by atoms with E-state index in [9.17, 15) is 12.3 Å². The summed E-state index contributed by atoms with van der Waals surface area (Å²) in [5, 5.41) is 0. The second kappa shape index (κ2) is 3.15. The van der Waals surface area contributed by atoms with Gasteiger partial charge in [0, 0.05) is 0 Å². The van der Waals surface area contributed by atoms with Gasteiger partial charge in [-0.25, -0.2) is 4.98 Å². The molecule has 0 saturated heterocycles. The summed E-state index contributed by atoms with van der Waals surface area (Å²) in [5.41, 5.74) is 0.562. The van der Waals surface area contributed by atoms with E-state index in [2.05, 4.69) is 4.98 Å². The monoisotopic (exact) mass is 251 g/mol. The fourth-order valence-electron chi connectivity index (χ4n) is 1.03. The highest BCUT2D eigenvalue weighted by atomic mass is 35.5. The number of hydrogen-bond acceptors (Lipinski definition) is 4. The number of hydrogen-bond donors (Lipinski definition) is 0. The molecule has 1 aromatic carbocycles. The zero-order chi connectivity index (χ0) is 10.3. The van der Waals surface area contributed by atoms with Crippen LogP contribution in [0.1, 0.15) is 0 Å². The first kappa shape index (κ1) is 9.82. The molecule has 0 amide bonds. The Balaban J connectivity index is 2.74. The normalized spacial score (nSPS) is 12.1. The van der Waals surface area contributed by atoms with E-state index in [0.717, 1.165) is 17.4 Å². The van der Waals surface area contributed by atoms with Crippen molar-refractivity contribution in [1.82, 2.24) is 4.98 Å². The van der Waals surface area contributed by atoms with Crippen molar-refractivity contribution < 1.29 is 12.3 Å². The van der Waals surface area contributed by atoms with E-state index < -0.39 is 10.2 Å². The Morgan fingerprint density at radius 3 is 2.79 bits per heavy atom. The molecule has 1 aromatic heterocycles. The Kier molecular flexibility index (Phi) is 2.21. The van der Waals surface area contributed by atoms with Crippen LogP contribution in [-0.4, -0.2) is 13.4 Å². The molecule has 3 nitrogen and oxygen atoms in total. The summed E-state index contributed by atoms with van der Waals surface area (Å²) in [4.78, 5) is 3.53. The molecule has 0 unspecified atom stereocenters. The maximum Gasteiger partial charge on any atom is 0.332 e. The molecule has 0 aliphatic heterocycles. The van der Waals surface area contributed by atoms with Gasteiger partial charge in [-0.2, -0.15) is 8.42 Å². The van der Waals surface area contributed by atoms with Gasteiger partial charge in [0.2, 0.25) is 0 Å². The van der Waals surface area contributed by atoms with Gasteiger partial charge in [0.05, 0.1) is 10.2 Å². The van der Waals surface area contributed by atoms with Crippen molar-refractivity contribution >= 4 is 43.4 Å². The number of halogens is 2. The number of aromatic nitrogens is 1. The summed E-state index contributed by atoms with van der Waals surface area (Å²) >= 11 is 6.72. The summed E-state index contributed by atoms with van der Waals surface area (Å²) in [7, 11) is -4.65. The second-order valence-corrected chi connectivity index (χ2v) is 5.49. The number of nitrogens with zero attached hydrogens (tertiary/aromatic N) is 1. The first-order valence-electron chi connectivity index (χ1n) is 3.47. The minimum atomic E-state index is -4.65. The largest absolute Gasteiger partial charge is 0.332 e. The average Bonchev–Trinajstić information content (AvgIpc) is 2.41. The van der Waals surface area contributed by atoms with Crippen LogP contribution in [0.25, 0.3) is 10.2 Å². The Hall–Kier alpha value is -0.720. The molecule has 0 bridgehead atoms. The van der Waals surface area contributed by atoms with Crippen LogP contribution in [0.15, 0.2) is 23.1 Å². The number of thiazole rings is 1. The summed E-state index contributed by atoms with van der Waals surface area (Å²) in [6.45, 7) is 0. The molecule has 14 heavy (non-hydrogen) atoms. The molecule has 0 radical (unpaired) electrons. The van der Waals surface area contributed by atoms with Crippen molar-refractivity contribution in [1.29, 1.82) is 0 Å². The predicted octanol–water partition coefficient (Wildman–Crippen LogP) is 2.61. The van der Waals surface area contributed by atoms with Gasteiger partial charge >= 0.3 is 10.2 Å². The molecule has 0 atom stereocenters. The molecule has 0 N–H and O–H groups in total. The van der Waals surface area contributed by atoms with Crippen molar-refractivity contribution in [2.45, 2.75) is 4.90 Å². The smallest absolute Gasteiger partial charge is 0.225 e. The maximum absolute atomic E-state index is 12.6. The molecular weight excluding hydrogens is 249 g/mol. The Morgan fingerprint density at radius 2 is 2.14 bits per heavy atom. The third-order valence-electron chi connectivity index (χ3n) is 1.62. The number of fused-ring (bicyclic) bond motifs is 1. The summed E-state index contributed by atoms with van der Waals surface area (Å²) in [5.74, 6) is 0. The van der Waals surface area contributed by atoms with Gasteiger partial charge in [0.15, 0.2) is 4.47 Å². The van der Waals surface area contributed by atoms with Crippen LogP contribution in [0.3, 0.4) is 0 Å². The Labute approximate surface area is 88.4 Å². The van der Waals surface area contributed by atoms with E-state index in [1.165, 1.54) is 12.1 Å². The molecule has 0 fully saturated rings. The minimum absolute atomic E-state index is 0.299. The summed E-state index contributed by atoms with van der Waals surface area (Å²) in [6.07, 6.45) is 0. The van der Waals surface area contributed by atoms with E-state index in [-0.39, 0.29) is 4.90 Å². The molecule has 74 valence electrons. The van der Waals surface area contributed by atoms with Crippen molar-refractivity contribution in [3.8, 4) is 0 Å². The average molecular weight is 252 g/mol.